The van der Waals surface area contributed by atoms with Gasteiger partial charge in [-0.15, -0.1) is 0 Å². The minimum Gasteiger partial charge on any atom is -0.479 e. The number of amides is 1. The number of hydrogen-bond acceptors (Lipinski definition) is 5. The predicted octanol–water partition coefficient (Wildman–Crippen LogP) is -0.390. The van der Waals surface area contributed by atoms with Gasteiger partial charge in [-0.1, -0.05) is 27.7 Å². The molecule has 1 saturated heterocycles. The second kappa shape index (κ2) is 5.15. The van der Waals surface area contributed by atoms with E-state index in [1.165, 1.54) is 6.92 Å². The second-order valence-electron chi connectivity index (χ2n) is 3.29. The number of carbonyl (C=O) groups is 3. The maximum atomic E-state index is 11.5. The number of carbonyl (C=O) groups excluding carboxylic acids is 2. The third-order valence-electron chi connectivity index (χ3n) is 2.21. The lowest BCUT2D eigenvalue weighted by Crippen LogP contribution is -2.72. The first-order chi connectivity index (χ1) is 7.40. The van der Waals surface area contributed by atoms with Crippen LogP contribution in [0.25, 0.3) is 0 Å². The van der Waals surface area contributed by atoms with Gasteiger partial charge in [0.05, 0.1) is 6.04 Å². The summed E-state index contributed by atoms with van der Waals surface area (Å²) in [4.78, 5) is 34.4. The Labute approximate surface area is 105 Å². The average molecular weight is 311 g/mol. The van der Waals surface area contributed by atoms with Crippen LogP contribution < -0.4 is 5.73 Å². The molecule has 0 spiro atoms. The van der Waals surface area contributed by atoms with Gasteiger partial charge in [-0.3, -0.25) is 9.59 Å². The molecule has 0 bridgehead atoms. The summed E-state index contributed by atoms with van der Waals surface area (Å²) in [5, 5.41) is 7.80. The summed E-state index contributed by atoms with van der Waals surface area (Å²) in [6, 6.07) is -1.06. The molecule has 1 unspecified atom stereocenters. The molecule has 1 aliphatic heterocycles. The smallest absolute Gasteiger partial charge is 0.337 e. The highest BCUT2D eigenvalue weighted by Gasteiger charge is 2.50. The van der Waals surface area contributed by atoms with Gasteiger partial charge in [0.2, 0.25) is 5.91 Å². The van der Waals surface area contributed by atoms with E-state index in [0.29, 0.717) is 17.1 Å². The van der Waals surface area contributed by atoms with Crippen LogP contribution in [0.1, 0.15) is 6.92 Å². The normalized spacial score (nSPS) is 26.2. The zero-order valence-electron chi connectivity index (χ0n) is 8.42. The van der Waals surface area contributed by atoms with E-state index in [9.17, 15) is 14.4 Å². The maximum Gasteiger partial charge on any atom is 0.337 e. The fourth-order valence-corrected chi connectivity index (χ4v) is 2.94. The highest BCUT2D eigenvalue weighted by Crippen LogP contribution is 2.29. The van der Waals surface area contributed by atoms with Crippen molar-refractivity contribution in [3.8, 4) is 0 Å². The van der Waals surface area contributed by atoms with E-state index in [1.807, 2.05) is 0 Å². The van der Waals surface area contributed by atoms with Crippen molar-refractivity contribution < 1.29 is 19.5 Å². The van der Waals surface area contributed by atoms with Crippen LogP contribution in [0.3, 0.4) is 0 Å². The number of carboxylic acid groups (broad SMARTS) is 1. The van der Waals surface area contributed by atoms with E-state index in [0.717, 1.165) is 4.90 Å². The Hall–Kier alpha value is -0.600. The number of likely N-dealkylation sites (tertiary alicyclic amines) is 1. The summed E-state index contributed by atoms with van der Waals surface area (Å²) < 4.78 is 0. The van der Waals surface area contributed by atoms with E-state index in [1.54, 1.807) is 0 Å². The predicted molar refractivity (Wildman–Crippen MR) is 62.1 cm³/mol. The van der Waals surface area contributed by atoms with Gasteiger partial charge in [0.25, 0.3) is 0 Å². The van der Waals surface area contributed by atoms with Crippen molar-refractivity contribution in [3.05, 3.63) is 0 Å². The molecule has 3 atom stereocenters. The van der Waals surface area contributed by atoms with Crippen molar-refractivity contribution in [1.29, 1.82) is 0 Å². The lowest BCUT2D eigenvalue weighted by molar-refractivity contribution is -0.158. The summed E-state index contributed by atoms with van der Waals surface area (Å²) in [5.41, 5.74) is 5.53. The number of thioether (sulfide) groups is 1. The van der Waals surface area contributed by atoms with Crippen molar-refractivity contribution >= 4 is 44.7 Å². The molecule has 16 heavy (non-hydrogen) atoms. The SMILES string of the molecule is CC(=O)SC(C(=O)O)N1C(=O)[C@H](N)[C@@H]1CBr. The van der Waals surface area contributed by atoms with Gasteiger partial charge in [-0.05, 0) is 0 Å². The number of halogens is 1. The lowest BCUT2D eigenvalue weighted by atomic mass is 9.98. The quantitative estimate of drug-likeness (QED) is 0.542. The fraction of sp³-hybridized carbons (Fsp3) is 0.625. The van der Waals surface area contributed by atoms with E-state index in [2.05, 4.69) is 15.9 Å². The summed E-state index contributed by atoms with van der Waals surface area (Å²) in [6.45, 7) is 1.26. The van der Waals surface area contributed by atoms with E-state index < -0.39 is 23.3 Å². The Bertz CT molecular complexity index is 338. The molecular weight excluding hydrogens is 300 g/mol. The molecule has 1 aliphatic rings. The monoisotopic (exact) mass is 310 g/mol. The summed E-state index contributed by atoms with van der Waals surface area (Å²) in [5.74, 6) is -1.66. The minimum atomic E-state index is -1.22. The molecule has 0 radical (unpaired) electrons. The van der Waals surface area contributed by atoms with Gasteiger partial charge < -0.3 is 15.7 Å². The molecule has 1 fully saturated rings. The first-order valence-corrected chi connectivity index (χ1v) is 6.44. The molecule has 90 valence electrons. The summed E-state index contributed by atoms with van der Waals surface area (Å²) >= 11 is 3.76. The van der Waals surface area contributed by atoms with Crippen LogP contribution in [0.15, 0.2) is 0 Å². The highest BCUT2D eigenvalue weighted by molar-refractivity contribution is 9.09. The second-order valence-corrected chi connectivity index (χ2v) is 5.20. The molecule has 1 rings (SSSR count). The molecule has 3 N–H and O–H groups in total. The van der Waals surface area contributed by atoms with E-state index >= 15 is 0 Å². The Morgan fingerprint density at radius 3 is 2.62 bits per heavy atom. The number of carboxylic acids is 1. The Kier molecular flexibility index (Phi) is 4.34. The molecule has 0 aromatic carbocycles. The van der Waals surface area contributed by atoms with Gasteiger partial charge in [-0.25, -0.2) is 4.79 Å². The topological polar surface area (TPSA) is 101 Å². The lowest BCUT2D eigenvalue weighted by Gasteiger charge is -2.46. The van der Waals surface area contributed by atoms with Crippen LogP contribution in [-0.2, 0) is 14.4 Å². The van der Waals surface area contributed by atoms with Crippen molar-refractivity contribution in [2.45, 2.75) is 24.4 Å². The molecule has 8 heteroatoms. The van der Waals surface area contributed by atoms with Crippen molar-refractivity contribution in [2.75, 3.05) is 5.33 Å². The standard InChI is InChI=1S/C8H11BrN2O4S/c1-3(12)16-7(8(14)15)11-4(2-9)5(10)6(11)13/h4-5,7H,2,10H2,1H3,(H,14,15)/t4-,5+,7?/m0/s1. The Morgan fingerprint density at radius 1 is 1.69 bits per heavy atom. The molecule has 1 amide bonds. The first-order valence-electron chi connectivity index (χ1n) is 4.44. The number of β-lactam (4-membered cyclic amide) rings is 1. The highest BCUT2D eigenvalue weighted by atomic mass is 79.9. The number of nitrogens with zero attached hydrogens (tertiary/aromatic N) is 1. The van der Waals surface area contributed by atoms with Crippen LogP contribution in [0.5, 0.6) is 0 Å². The minimum absolute atomic E-state index is 0.353. The van der Waals surface area contributed by atoms with Gasteiger partial charge in [0.15, 0.2) is 10.5 Å². The van der Waals surface area contributed by atoms with Gasteiger partial charge in [-0.2, -0.15) is 0 Å². The van der Waals surface area contributed by atoms with Gasteiger partial charge >= 0.3 is 5.97 Å². The number of hydrogen-bond donors (Lipinski definition) is 2. The fourth-order valence-electron chi connectivity index (χ4n) is 1.43. The van der Waals surface area contributed by atoms with Crippen molar-refractivity contribution in [1.82, 2.24) is 4.90 Å². The third-order valence-corrected chi connectivity index (χ3v) is 3.86. The van der Waals surface area contributed by atoms with Crippen LogP contribution in [0.4, 0.5) is 0 Å². The van der Waals surface area contributed by atoms with E-state index in [-0.39, 0.29) is 11.2 Å². The summed E-state index contributed by atoms with van der Waals surface area (Å²) in [6.07, 6.45) is 0. The van der Waals surface area contributed by atoms with Crippen molar-refractivity contribution in [3.63, 3.8) is 0 Å². The number of aliphatic carboxylic acids is 1. The zero-order chi connectivity index (χ0) is 12.5. The zero-order valence-corrected chi connectivity index (χ0v) is 10.8. The van der Waals surface area contributed by atoms with Crippen LogP contribution in [0.2, 0.25) is 0 Å². The molecular formula is C8H11BrN2O4S. The first kappa shape index (κ1) is 13.5. The Morgan fingerprint density at radius 2 is 2.25 bits per heavy atom. The van der Waals surface area contributed by atoms with Crippen molar-refractivity contribution in [2.24, 2.45) is 5.73 Å². The molecule has 0 aromatic rings. The third kappa shape index (κ3) is 2.38. The molecule has 1 heterocycles. The molecule has 0 aromatic heterocycles. The van der Waals surface area contributed by atoms with Crippen LogP contribution in [0, 0.1) is 0 Å². The molecule has 6 nitrogen and oxygen atoms in total. The molecule has 0 aliphatic carbocycles. The number of alkyl halides is 1. The number of rotatable bonds is 4. The molecule has 0 saturated carbocycles. The van der Waals surface area contributed by atoms with Crippen LogP contribution in [-0.4, -0.2) is 49.8 Å². The average Bonchev–Trinajstić information content (AvgIpc) is 2.21. The van der Waals surface area contributed by atoms with E-state index in [4.69, 9.17) is 10.8 Å². The van der Waals surface area contributed by atoms with Gasteiger partial charge in [0, 0.05) is 12.3 Å². The largest absolute Gasteiger partial charge is 0.479 e. The van der Waals surface area contributed by atoms with Gasteiger partial charge in [0.1, 0.15) is 6.04 Å². The number of nitrogens with two attached hydrogens (primary N) is 1. The summed E-state index contributed by atoms with van der Waals surface area (Å²) in [7, 11) is 0. The maximum absolute atomic E-state index is 11.5. The van der Waals surface area contributed by atoms with Crippen LogP contribution >= 0.6 is 27.7 Å². The Balaban J connectivity index is 2.83.